The van der Waals surface area contributed by atoms with Crippen molar-refractivity contribution in [2.75, 3.05) is 13.1 Å². The summed E-state index contributed by atoms with van der Waals surface area (Å²) in [6, 6.07) is 1.05. The van der Waals surface area contributed by atoms with E-state index in [9.17, 15) is 4.79 Å². The van der Waals surface area contributed by atoms with Gasteiger partial charge in [-0.1, -0.05) is 20.3 Å². The molecular formula is C14H26N2O. The molecule has 1 aliphatic carbocycles. The van der Waals surface area contributed by atoms with Gasteiger partial charge in [0.25, 0.3) is 0 Å². The zero-order chi connectivity index (χ0) is 12.3. The monoisotopic (exact) mass is 238 g/mol. The molecule has 1 N–H and O–H groups in total. The fourth-order valence-electron chi connectivity index (χ4n) is 3.37. The summed E-state index contributed by atoms with van der Waals surface area (Å²) in [7, 11) is 0. The Kier molecular flexibility index (Phi) is 4.43. The highest BCUT2D eigenvalue weighted by Gasteiger charge is 2.36. The van der Waals surface area contributed by atoms with Gasteiger partial charge in [0.15, 0.2) is 0 Å². The molecule has 0 radical (unpaired) electrons. The molecule has 0 bridgehead atoms. The fourth-order valence-corrected chi connectivity index (χ4v) is 3.37. The molecule has 3 heteroatoms. The lowest BCUT2D eigenvalue weighted by atomic mass is 9.92. The first kappa shape index (κ1) is 12.9. The number of rotatable bonds is 4. The summed E-state index contributed by atoms with van der Waals surface area (Å²) in [5, 5.41) is 3.33. The zero-order valence-electron chi connectivity index (χ0n) is 11.2. The average molecular weight is 238 g/mol. The maximum absolute atomic E-state index is 12.2. The van der Waals surface area contributed by atoms with Gasteiger partial charge in [0.1, 0.15) is 0 Å². The van der Waals surface area contributed by atoms with E-state index in [0.717, 1.165) is 19.0 Å². The molecule has 0 spiro atoms. The highest BCUT2D eigenvalue weighted by Crippen LogP contribution is 2.36. The third-order valence-electron chi connectivity index (χ3n) is 4.21. The summed E-state index contributed by atoms with van der Waals surface area (Å²) in [4.78, 5) is 14.4. The van der Waals surface area contributed by atoms with Crippen LogP contribution in [-0.4, -0.2) is 36.0 Å². The number of nitrogens with zero attached hydrogens (tertiary/aromatic N) is 1. The molecule has 1 saturated carbocycles. The van der Waals surface area contributed by atoms with E-state index in [0.29, 0.717) is 24.4 Å². The van der Waals surface area contributed by atoms with Gasteiger partial charge in [-0.15, -0.1) is 0 Å². The Bertz CT molecular complexity index is 265. The van der Waals surface area contributed by atoms with Crippen LogP contribution in [0.1, 0.15) is 52.4 Å². The lowest BCUT2D eigenvalue weighted by molar-refractivity contribution is -0.135. The normalized spacial score (nSPS) is 28.5. The molecule has 1 aliphatic heterocycles. The van der Waals surface area contributed by atoms with Crippen LogP contribution >= 0.6 is 0 Å². The largest absolute Gasteiger partial charge is 0.339 e. The van der Waals surface area contributed by atoms with E-state index < -0.39 is 0 Å². The second kappa shape index (κ2) is 5.85. The number of likely N-dealkylation sites (tertiary alicyclic amines) is 1. The molecule has 2 rings (SSSR count). The van der Waals surface area contributed by atoms with Crippen LogP contribution in [0.15, 0.2) is 0 Å². The molecule has 2 aliphatic rings. The minimum absolute atomic E-state index is 0.370. The molecule has 1 saturated heterocycles. The van der Waals surface area contributed by atoms with E-state index in [4.69, 9.17) is 0 Å². The van der Waals surface area contributed by atoms with E-state index in [1.165, 1.54) is 32.1 Å². The van der Waals surface area contributed by atoms with E-state index in [2.05, 4.69) is 24.1 Å². The molecule has 1 heterocycles. The standard InChI is InChI=1S/C14H26N2O/c1-11(2)15-9-8-14(17)16-10-4-6-12-5-3-7-13(12)16/h11-13,15H,3-10H2,1-2H3. The average Bonchev–Trinajstić information content (AvgIpc) is 2.75. The molecule has 0 aromatic carbocycles. The quantitative estimate of drug-likeness (QED) is 0.814. The van der Waals surface area contributed by atoms with Crippen LogP contribution in [0.25, 0.3) is 0 Å². The molecule has 2 atom stereocenters. The Morgan fingerprint density at radius 1 is 1.29 bits per heavy atom. The summed E-state index contributed by atoms with van der Waals surface area (Å²) in [6.07, 6.45) is 7.14. The third-order valence-corrected chi connectivity index (χ3v) is 4.21. The Morgan fingerprint density at radius 3 is 2.82 bits per heavy atom. The molecule has 2 fully saturated rings. The number of carbonyl (C=O) groups excluding carboxylic acids is 1. The van der Waals surface area contributed by atoms with Crippen LogP contribution in [0.2, 0.25) is 0 Å². The van der Waals surface area contributed by atoms with Gasteiger partial charge in [-0.2, -0.15) is 0 Å². The first-order chi connectivity index (χ1) is 8.18. The number of carbonyl (C=O) groups is 1. The smallest absolute Gasteiger partial charge is 0.224 e. The maximum Gasteiger partial charge on any atom is 0.224 e. The molecular weight excluding hydrogens is 212 g/mol. The number of hydrogen-bond acceptors (Lipinski definition) is 2. The Morgan fingerprint density at radius 2 is 2.06 bits per heavy atom. The van der Waals surface area contributed by atoms with Crippen molar-refractivity contribution >= 4 is 5.91 Å². The van der Waals surface area contributed by atoms with Crippen molar-refractivity contribution in [1.29, 1.82) is 0 Å². The number of fused-ring (bicyclic) bond motifs is 1. The van der Waals surface area contributed by atoms with Crippen LogP contribution in [0.5, 0.6) is 0 Å². The van der Waals surface area contributed by atoms with Crippen molar-refractivity contribution in [2.45, 2.75) is 64.5 Å². The summed E-state index contributed by atoms with van der Waals surface area (Å²) in [5.41, 5.74) is 0. The topological polar surface area (TPSA) is 32.3 Å². The summed E-state index contributed by atoms with van der Waals surface area (Å²) in [5.74, 6) is 1.18. The van der Waals surface area contributed by atoms with Crippen LogP contribution in [0.4, 0.5) is 0 Å². The molecule has 0 aromatic heterocycles. The molecule has 1 amide bonds. The van der Waals surface area contributed by atoms with Crippen molar-refractivity contribution in [3.8, 4) is 0 Å². The lowest BCUT2D eigenvalue weighted by Crippen LogP contribution is -2.47. The predicted molar refractivity (Wildman–Crippen MR) is 69.8 cm³/mol. The first-order valence-corrected chi connectivity index (χ1v) is 7.21. The number of hydrogen-bond donors (Lipinski definition) is 1. The zero-order valence-corrected chi connectivity index (χ0v) is 11.2. The van der Waals surface area contributed by atoms with Gasteiger partial charge >= 0.3 is 0 Å². The third kappa shape index (κ3) is 3.21. The maximum atomic E-state index is 12.2. The van der Waals surface area contributed by atoms with E-state index >= 15 is 0 Å². The molecule has 98 valence electrons. The first-order valence-electron chi connectivity index (χ1n) is 7.21. The second-order valence-corrected chi connectivity index (χ2v) is 5.85. The Hall–Kier alpha value is -0.570. The molecule has 0 aromatic rings. The van der Waals surface area contributed by atoms with Crippen molar-refractivity contribution in [3.63, 3.8) is 0 Å². The minimum Gasteiger partial charge on any atom is -0.339 e. The van der Waals surface area contributed by atoms with Crippen LogP contribution < -0.4 is 5.32 Å². The van der Waals surface area contributed by atoms with Crippen molar-refractivity contribution in [3.05, 3.63) is 0 Å². The summed E-state index contributed by atoms with van der Waals surface area (Å²) in [6.45, 7) is 6.07. The lowest BCUT2D eigenvalue weighted by Gasteiger charge is -2.38. The number of amides is 1. The molecule has 2 unspecified atom stereocenters. The van der Waals surface area contributed by atoms with Gasteiger partial charge in [-0.05, 0) is 31.6 Å². The highest BCUT2D eigenvalue weighted by atomic mass is 16.2. The SMILES string of the molecule is CC(C)NCCC(=O)N1CCCC2CCCC21. The van der Waals surface area contributed by atoms with E-state index in [1.54, 1.807) is 0 Å². The van der Waals surface area contributed by atoms with Gasteiger partial charge in [-0.25, -0.2) is 0 Å². The van der Waals surface area contributed by atoms with E-state index in [-0.39, 0.29) is 0 Å². The summed E-state index contributed by atoms with van der Waals surface area (Å²) < 4.78 is 0. The minimum atomic E-state index is 0.370. The van der Waals surface area contributed by atoms with Gasteiger partial charge in [0, 0.05) is 31.6 Å². The van der Waals surface area contributed by atoms with Crippen LogP contribution in [0.3, 0.4) is 0 Å². The van der Waals surface area contributed by atoms with Gasteiger partial charge in [0.2, 0.25) is 5.91 Å². The van der Waals surface area contributed by atoms with Gasteiger partial charge < -0.3 is 10.2 Å². The fraction of sp³-hybridized carbons (Fsp3) is 0.929. The molecule has 3 nitrogen and oxygen atoms in total. The van der Waals surface area contributed by atoms with Gasteiger partial charge in [-0.3, -0.25) is 4.79 Å². The molecule has 17 heavy (non-hydrogen) atoms. The van der Waals surface area contributed by atoms with Crippen molar-refractivity contribution < 1.29 is 4.79 Å². The van der Waals surface area contributed by atoms with Crippen LogP contribution in [0, 0.1) is 5.92 Å². The Labute approximate surface area is 105 Å². The summed E-state index contributed by atoms with van der Waals surface area (Å²) >= 11 is 0. The van der Waals surface area contributed by atoms with Crippen molar-refractivity contribution in [1.82, 2.24) is 10.2 Å². The van der Waals surface area contributed by atoms with E-state index in [1.807, 2.05) is 0 Å². The Balaban J connectivity index is 1.81. The number of piperidine rings is 1. The second-order valence-electron chi connectivity index (χ2n) is 5.85. The van der Waals surface area contributed by atoms with Crippen LogP contribution in [-0.2, 0) is 4.79 Å². The van der Waals surface area contributed by atoms with Gasteiger partial charge in [0.05, 0.1) is 0 Å². The van der Waals surface area contributed by atoms with Crippen molar-refractivity contribution in [2.24, 2.45) is 5.92 Å². The predicted octanol–water partition coefficient (Wildman–Crippen LogP) is 2.17. The highest BCUT2D eigenvalue weighted by molar-refractivity contribution is 5.77. The number of nitrogens with one attached hydrogen (secondary N) is 1.